The Morgan fingerprint density at radius 3 is 2.11 bits per heavy atom. The Kier molecular flexibility index (Phi) is 7.37. The first-order chi connectivity index (χ1) is 16.9. The van der Waals surface area contributed by atoms with Crippen molar-refractivity contribution >= 4 is 28.5 Å². The van der Waals surface area contributed by atoms with E-state index < -0.39 is 34.1 Å². The second-order valence-corrected chi connectivity index (χ2v) is 13.1. The molecule has 3 aromatic rings. The summed E-state index contributed by atoms with van der Waals surface area (Å²) < 4.78 is 53.2. The molecule has 0 fully saturated rings. The Labute approximate surface area is 212 Å². The lowest BCUT2D eigenvalue weighted by Crippen LogP contribution is -2.40. The van der Waals surface area contributed by atoms with Crippen LogP contribution >= 0.6 is 7.60 Å². The van der Waals surface area contributed by atoms with Crippen LogP contribution in [0.3, 0.4) is 0 Å². The van der Waals surface area contributed by atoms with E-state index in [1.165, 1.54) is 38.6 Å². The molecule has 1 heterocycles. The average Bonchev–Trinajstić information content (AvgIpc) is 3.26. The van der Waals surface area contributed by atoms with Crippen molar-refractivity contribution in [1.29, 1.82) is 10.5 Å². The van der Waals surface area contributed by atoms with Crippen molar-refractivity contribution in [2.24, 2.45) is 10.8 Å². The number of rotatable bonds is 9. The van der Waals surface area contributed by atoms with Gasteiger partial charge < -0.3 is 9.05 Å². The molecule has 0 amide bonds. The molecule has 0 aliphatic carbocycles. The van der Waals surface area contributed by atoms with Crippen LogP contribution in [0.1, 0.15) is 30.6 Å². The van der Waals surface area contributed by atoms with Crippen LogP contribution in [0.2, 0.25) is 0 Å². The van der Waals surface area contributed by atoms with Crippen molar-refractivity contribution < 1.29 is 22.0 Å². The molecule has 1 aromatic heterocycles. The first kappa shape index (κ1) is 27.4. The fourth-order valence-corrected chi connectivity index (χ4v) is 7.71. The maximum absolute atomic E-state index is 14.0. The Balaban J connectivity index is 2.50. The van der Waals surface area contributed by atoms with Gasteiger partial charge in [-0.25, -0.2) is 12.4 Å². The minimum Gasteiger partial charge on any atom is -0.311 e. The maximum Gasteiger partial charge on any atom is 0.340 e. The molecule has 2 aromatic carbocycles. The zero-order valence-electron chi connectivity index (χ0n) is 20.8. The Morgan fingerprint density at radius 2 is 1.61 bits per heavy atom. The van der Waals surface area contributed by atoms with Crippen molar-refractivity contribution in [1.82, 2.24) is 3.97 Å². The third kappa shape index (κ3) is 4.09. The van der Waals surface area contributed by atoms with Gasteiger partial charge in [0.2, 0.25) is 0 Å². The molecule has 0 radical (unpaired) electrons. The normalized spacial score (nSPS) is 13.6. The predicted molar refractivity (Wildman–Crippen MR) is 138 cm³/mol. The second-order valence-electron chi connectivity index (χ2n) is 8.98. The number of aryl methyl sites for hydroxylation is 1. The quantitative estimate of drug-likeness (QED) is 0.249. The van der Waals surface area contributed by atoms with E-state index in [9.17, 15) is 23.5 Å². The topological polar surface area (TPSA) is 122 Å². The maximum atomic E-state index is 14.0. The van der Waals surface area contributed by atoms with Crippen molar-refractivity contribution in [2.45, 2.75) is 31.3 Å². The lowest BCUT2D eigenvalue weighted by Gasteiger charge is -2.41. The predicted octanol–water partition coefficient (Wildman–Crippen LogP) is 5.96. The lowest BCUT2D eigenvalue weighted by molar-refractivity contribution is 0.202. The SMILES string of the molecule is C=CC(C)(C)C(C#N)(C#N)C(c1cn(S(=O)(=O)c2ccc(C)cc2)c2ccccc12)P(=O)(OC)OC. The first-order valence-corrected chi connectivity index (χ1v) is 14.0. The van der Waals surface area contributed by atoms with Crippen LogP contribution in [0.15, 0.2) is 72.3 Å². The van der Waals surface area contributed by atoms with Gasteiger partial charge in [0.15, 0.2) is 5.41 Å². The summed E-state index contributed by atoms with van der Waals surface area (Å²) in [7, 11) is -5.96. The second kappa shape index (κ2) is 9.69. The molecule has 0 saturated carbocycles. The third-order valence-electron chi connectivity index (χ3n) is 6.70. The molecular weight excluding hydrogens is 497 g/mol. The van der Waals surface area contributed by atoms with E-state index in [1.807, 2.05) is 6.92 Å². The number of aromatic nitrogens is 1. The lowest BCUT2D eigenvalue weighted by atomic mass is 9.64. The van der Waals surface area contributed by atoms with Crippen LogP contribution in [-0.2, 0) is 23.6 Å². The average molecular weight is 526 g/mol. The van der Waals surface area contributed by atoms with Crippen LogP contribution in [0.5, 0.6) is 0 Å². The number of fused-ring (bicyclic) bond motifs is 1. The molecule has 0 N–H and O–H groups in total. The van der Waals surface area contributed by atoms with E-state index in [2.05, 4.69) is 18.7 Å². The molecule has 0 aliphatic heterocycles. The van der Waals surface area contributed by atoms with Crippen LogP contribution in [0.4, 0.5) is 0 Å². The smallest absolute Gasteiger partial charge is 0.311 e. The van der Waals surface area contributed by atoms with E-state index in [1.54, 1.807) is 50.2 Å². The van der Waals surface area contributed by atoms with E-state index in [-0.39, 0.29) is 16.0 Å². The van der Waals surface area contributed by atoms with Gasteiger partial charge in [-0.1, -0.05) is 55.8 Å². The van der Waals surface area contributed by atoms with E-state index >= 15 is 0 Å². The molecule has 1 atom stereocenters. The van der Waals surface area contributed by atoms with Gasteiger partial charge in [0.25, 0.3) is 10.0 Å². The summed E-state index contributed by atoms with van der Waals surface area (Å²) in [6.07, 6.45) is 2.74. The van der Waals surface area contributed by atoms with Crippen molar-refractivity contribution in [3.63, 3.8) is 0 Å². The number of hydrogen-bond donors (Lipinski definition) is 0. The van der Waals surface area contributed by atoms with E-state index in [4.69, 9.17) is 9.05 Å². The number of nitrogens with zero attached hydrogens (tertiary/aromatic N) is 3. The number of nitriles is 2. The molecule has 3 rings (SSSR count). The van der Waals surface area contributed by atoms with Crippen LogP contribution in [0.25, 0.3) is 10.9 Å². The number of benzene rings is 2. The molecule has 0 aliphatic rings. The summed E-state index contributed by atoms with van der Waals surface area (Å²) in [5, 5.41) is 21.2. The zero-order valence-corrected chi connectivity index (χ0v) is 22.5. The van der Waals surface area contributed by atoms with Gasteiger partial charge in [-0.3, -0.25) is 4.57 Å². The van der Waals surface area contributed by atoms with Gasteiger partial charge in [-0.15, -0.1) is 6.58 Å². The highest BCUT2D eigenvalue weighted by Gasteiger charge is 2.60. The summed E-state index contributed by atoms with van der Waals surface area (Å²) in [5.41, 5.74) is -3.31. The van der Waals surface area contributed by atoms with E-state index in [0.717, 1.165) is 9.54 Å². The summed E-state index contributed by atoms with van der Waals surface area (Å²) in [4.78, 5) is 0.0527. The molecule has 0 spiro atoms. The summed E-state index contributed by atoms with van der Waals surface area (Å²) >= 11 is 0. The number of hydrogen-bond acceptors (Lipinski definition) is 7. The Bertz CT molecular complexity index is 1520. The molecule has 188 valence electrons. The number of para-hydroxylation sites is 1. The van der Waals surface area contributed by atoms with Crippen molar-refractivity contribution in [2.75, 3.05) is 14.2 Å². The monoisotopic (exact) mass is 525 g/mol. The summed E-state index contributed by atoms with van der Waals surface area (Å²) in [6, 6.07) is 17.1. The highest BCUT2D eigenvalue weighted by atomic mass is 32.2. The van der Waals surface area contributed by atoms with Crippen LogP contribution < -0.4 is 0 Å². The fourth-order valence-electron chi connectivity index (χ4n) is 4.29. The van der Waals surface area contributed by atoms with Gasteiger partial charge in [-0.05, 0) is 30.7 Å². The van der Waals surface area contributed by atoms with Gasteiger partial charge >= 0.3 is 7.60 Å². The van der Waals surface area contributed by atoms with Gasteiger partial charge in [0.1, 0.15) is 5.66 Å². The minimum atomic E-state index is -4.20. The molecule has 8 nitrogen and oxygen atoms in total. The highest BCUT2D eigenvalue weighted by Crippen LogP contribution is 2.70. The van der Waals surface area contributed by atoms with Crippen LogP contribution in [0, 0.1) is 40.4 Å². The Morgan fingerprint density at radius 1 is 1.06 bits per heavy atom. The molecule has 36 heavy (non-hydrogen) atoms. The highest BCUT2D eigenvalue weighted by molar-refractivity contribution is 7.90. The van der Waals surface area contributed by atoms with Gasteiger partial charge in [0, 0.05) is 31.2 Å². The van der Waals surface area contributed by atoms with Gasteiger partial charge in [0.05, 0.1) is 22.6 Å². The molecular formula is C26H28N3O5PS. The molecule has 0 saturated heterocycles. The summed E-state index contributed by atoms with van der Waals surface area (Å²) in [5.74, 6) is 0. The number of allylic oxidation sites excluding steroid dienone is 1. The van der Waals surface area contributed by atoms with Crippen molar-refractivity contribution in [3.05, 3.63) is 78.5 Å². The molecule has 1 unspecified atom stereocenters. The standard InChI is InChI=1S/C26H28N3O5PS/c1-7-25(3,4)26(17-27,18-28)24(35(30,33-5)34-6)22-16-29(23-11-9-8-10-21(22)23)36(31,32)20-14-12-19(2)13-15-20/h7-16,24H,1H2,2-6H3. The zero-order chi connectivity index (χ0) is 26.9. The molecule has 10 heteroatoms. The third-order valence-corrected chi connectivity index (χ3v) is 10.7. The Hall–Kier alpha value is -3.20. The van der Waals surface area contributed by atoms with Crippen LogP contribution in [-0.4, -0.2) is 26.6 Å². The molecule has 0 bridgehead atoms. The summed E-state index contributed by atoms with van der Waals surface area (Å²) in [6.45, 7) is 8.88. The largest absolute Gasteiger partial charge is 0.340 e. The van der Waals surface area contributed by atoms with E-state index in [0.29, 0.717) is 5.39 Å². The first-order valence-electron chi connectivity index (χ1n) is 11.0. The van der Waals surface area contributed by atoms with Gasteiger partial charge in [-0.2, -0.15) is 10.5 Å². The van der Waals surface area contributed by atoms with Crippen molar-refractivity contribution in [3.8, 4) is 12.1 Å². The minimum absolute atomic E-state index is 0.0527. The fraction of sp³-hybridized carbons (Fsp3) is 0.308.